The molecule has 0 bridgehead atoms. The second kappa shape index (κ2) is 7.19. The van der Waals surface area contributed by atoms with Gasteiger partial charge in [0.2, 0.25) is 0 Å². The van der Waals surface area contributed by atoms with E-state index in [4.69, 9.17) is 5.73 Å². The SMILES string of the molecule is C=Cc1c(Br)cc([N+](=O)[O-])c(N)c1CN(C)CC(=O)OC. The third kappa shape index (κ3) is 4.02. The van der Waals surface area contributed by atoms with Crippen molar-refractivity contribution in [2.75, 3.05) is 26.4 Å². The Kier molecular flexibility index (Phi) is 5.86. The standard InChI is InChI=1S/C13H16BrN3O4/c1-4-8-9(6-16(2)7-12(18)21-3)13(15)11(17(19)20)5-10(8)14/h4-5H,1,6-7,15H2,2-3H3. The molecule has 0 fully saturated rings. The smallest absolute Gasteiger partial charge is 0.319 e. The average molecular weight is 358 g/mol. The van der Waals surface area contributed by atoms with Gasteiger partial charge in [0, 0.05) is 22.6 Å². The Hall–Kier alpha value is -1.93. The lowest BCUT2D eigenvalue weighted by atomic mass is 10.0. The number of benzene rings is 1. The Morgan fingerprint density at radius 3 is 2.76 bits per heavy atom. The van der Waals surface area contributed by atoms with Crippen molar-refractivity contribution in [2.45, 2.75) is 6.54 Å². The fraction of sp³-hybridized carbons (Fsp3) is 0.308. The zero-order valence-electron chi connectivity index (χ0n) is 11.8. The molecule has 2 N–H and O–H groups in total. The van der Waals surface area contributed by atoms with Crippen LogP contribution < -0.4 is 5.73 Å². The van der Waals surface area contributed by atoms with Crippen LogP contribution in [-0.2, 0) is 16.1 Å². The summed E-state index contributed by atoms with van der Waals surface area (Å²) in [5, 5.41) is 11.0. The van der Waals surface area contributed by atoms with Crippen LogP contribution in [0, 0.1) is 10.1 Å². The van der Waals surface area contributed by atoms with E-state index in [1.807, 2.05) is 0 Å². The van der Waals surface area contributed by atoms with Crippen LogP contribution in [0.5, 0.6) is 0 Å². The largest absolute Gasteiger partial charge is 0.468 e. The van der Waals surface area contributed by atoms with Crippen molar-refractivity contribution in [1.82, 2.24) is 4.90 Å². The van der Waals surface area contributed by atoms with E-state index >= 15 is 0 Å². The minimum absolute atomic E-state index is 0.0484. The minimum atomic E-state index is -0.545. The third-order valence-electron chi connectivity index (χ3n) is 2.90. The van der Waals surface area contributed by atoms with Gasteiger partial charge < -0.3 is 10.5 Å². The Labute approximate surface area is 130 Å². The predicted octanol–water partition coefficient (Wildman–Crippen LogP) is 2.19. The molecule has 1 aromatic carbocycles. The van der Waals surface area contributed by atoms with Crippen molar-refractivity contribution < 1.29 is 14.5 Å². The first kappa shape index (κ1) is 17.1. The highest BCUT2D eigenvalue weighted by Crippen LogP contribution is 2.35. The summed E-state index contributed by atoms with van der Waals surface area (Å²) in [6, 6.07) is 1.34. The second-order valence-electron chi connectivity index (χ2n) is 4.39. The summed E-state index contributed by atoms with van der Waals surface area (Å²) in [7, 11) is 2.99. The van der Waals surface area contributed by atoms with Crippen LogP contribution >= 0.6 is 15.9 Å². The van der Waals surface area contributed by atoms with E-state index in [0.29, 0.717) is 15.6 Å². The minimum Gasteiger partial charge on any atom is -0.468 e. The number of esters is 1. The monoisotopic (exact) mass is 357 g/mol. The fourth-order valence-corrected chi connectivity index (χ4v) is 2.49. The number of hydrogen-bond acceptors (Lipinski definition) is 6. The number of rotatable bonds is 6. The number of nitrogen functional groups attached to an aromatic ring is 1. The number of hydrogen-bond donors (Lipinski definition) is 1. The maximum atomic E-state index is 11.3. The van der Waals surface area contributed by atoms with Crippen LogP contribution in [0.25, 0.3) is 6.08 Å². The number of nitro benzene ring substituents is 1. The second-order valence-corrected chi connectivity index (χ2v) is 5.25. The van der Waals surface area contributed by atoms with Crippen LogP contribution in [0.4, 0.5) is 11.4 Å². The van der Waals surface area contributed by atoms with E-state index in [9.17, 15) is 14.9 Å². The molecule has 0 atom stereocenters. The van der Waals surface area contributed by atoms with Gasteiger partial charge in [0.25, 0.3) is 5.69 Å². The molecule has 0 aromatic heterocycles. The van der Waals surface area contributed by atoms with Crippen LogP contribution in [0.1, 0.15) is 11.1 Å². The first-order valence-electron chi connectivity index (χ1n) is 5.94. The number of ether oxygens (including phenoxy) is 1. The summed E-state index contributed by atoms with van der Waals surface area (Å²) in [6.07, 6.45) is 1.56. The van der Waals surface area contributed by atoms with Gasteiger partial charge in [0.15, 0.2) is 0 Å². The molecular formula is C13H16BrN3O4. The first-order valence-corrected chi connectivity index (χ1v) is 6.74. The molecule has 0 heterocycles. The maximum Gasteiger partial charge on any atom is 0.319 e. The molecule has 8 heteroatoms. The number of nitro groups is 1. The highest BCUT2D eigenvalue weighted by atomic mass is 79.9. The first-order chi connectivity index (χ1) is 9.81. The topological polar surface area (TPSA) is 98.7 Å². The Morgan fingerprint density at radius 1 is 1.67 bits per heavy atom. The van der Waals surface area contributed by atoms with Gasteiger partial charge in [-0.15, -0.1) is 0 Å². The number of nitrogens with two attached hydrogens (primary N) is 1. The number of likely N-dealkylation sites (N-methyl/N-ethyl adjacent to an activating group) is 1. The Balaban J connectivity index is 3.23. The highest BCUT2D eigenvalue weighted by molar-refractivity contribution is 9.10. The van der Waals surface area contributed by atoms with Crippen molar-refractivity contribution in [1.29, 1.82) is 0 Å². The molecule has 0 amide bonds. The van der Waals surface area contributed by atoms with E-state index in [1.165, 1.54) is 13.2 Å². The van der Waals surface area contributed by atoms with Crippen LogP contribution in [0.2, 0.25) is 0 Å². The molecule has 1 aromatic rings. The number of nitrogens with zero attached hydrogens (tertiary/aromatic N) is 2. The van der Waals surface area contributed by atoms with Crippen molar-refractivity contribution in [3.05, 3.63) is 38.4 Å². The lowest BCUT2D eigenvalue weighted by Crippen LogP contribution is -2.27. The molecule has 0 radical (unpaired) electrons. The van der Waals surface area contributed by atoms with Crippen molar-refractivity contribution in [3.8, 4) is 0 Å². The molecule has 0 aliphatic heterocycles. The van der Waals surface area contributed by atoms with Gasteiger partial charge >= 0.3 is 5.97 Å². The summed E-state index contributed by atoms with van der Waals surface area (Å²) >= 11 is 3.27. The van der Waals surface area contributed by atoms with E-state index in [0.717, 1.165) is 0 Å². The van der Waals surface area contributed by atoms with Crippen LogP contribution in [-0.4, -0.2) is 36.5 Å². The van der Waals surface area contributed by atoms with E-state index in [1.54, 1.807) is 18.0 Å². The zero-order chi connectivity index (χ0) is 16.2. The van der Waals surface area contributed by atoms with E-state index < -0.39 is 10.9 Å². The number of anilines is 1. The number of methoxy groups -OCH3 is 1. The molecule has 1 rings (SSSR count). The van der Waals surface area contributed by atoms with Crippen molar-refractivity contribution in [3.63, 3.8) is 0 Å². The Bertz CT molecular complexity index is 589. The number of carbonyl (C=O) groups is 1. The third-order valence-corrected chi connectivity index (χ3v) is 3.56. The molecule has 0 saturated heterocycles. The molecule has 7 nitrogen and oxygen atoms in total. The molecular weight excluding hydrogens is 342 g/mol. The van der Waals surface area contributed by atoms with Crippen molar-refractivity contribution in [2.24, 2.45) is 0 Å². The molecule has 114 valence electrons. The fourth-order valence-electron chi connectivity index (χ4n) is 1.87. The highest BCUT2D eigenvalue weighted by Gasteiger charge is 2.21. The summed E-state index contributed by atoms with van der Waals surface area (Å²) in [5.74, 6) is -0.402. The van der Waals surface area contributed by atoms with Gasteiger partial charge in [-0.25, -0.2) is 0 Å². The quantitative estimate of drug-likeness (QED) is 0.362. The maximum absolute atomic E-state index is 11.3. The zero-order valence-corrected chi connectivity index (χ0v) is 13.3. The van der Waals surface area contributed by atoms with Gasteiger partial charge in [-0.2, -0.15) is 0 Å². The van der Waals surface area contributed by atoms with Gasteiger partial charge in [0.1, 0.15) is 5.69 Å². The van der Waals surface area contributed by atoms with Gasteiger partial charge in [-0.1, -0.05) is 12.7 Å². The summed E-state index contributed by atoms with van der Waals surface area (Å²) in [4.78, 5) is 23.4. The number of halogens is 1. The molecule has 0 spiro atoms. The Morgan fingerprint density at radius 2 is 2.29 bits per heavy atom. The molecule has 0 unspecified atom stereocenters. The lowest BCUT2D eigenvalue weighted by Gasteiger charge is -2.19. The number of carbonyl (C=O) groups excluding carboxylic acids is 1. The van der Waals surface area contributed by atoms with Crippen LogP contribution in [0.3, 0.4) is 0 Å². The summed E-state index contributed by atoms with van der Waals surface area (Å²) in [6.45, 7) is 3.99. The lowest BCUT2D eigenvalue weighted by molar-refractivity contribution is -0.384. The predicted molar refractivity (Wildman–Crippen MR) is 83.6 cm³/mol. The van der Waals surface area contributed by atoms with E-state index in [-0.39, 0.29) is 24.5 Å². The van der Waals surface area contributed by atoms with Gasteiger partial charge in [-0.3, -0.25) is 19.8 Å². The normalized spacial score (nSPS) is 10.5. The molecule has 0 aliphatic carbocycles. The van der Waals surface area contributed by atoms with Gasteiger partial charge in [0.05, 0.1) is 18.6 Å². The van der Waals surface area contributed by atoms with E-state index in [2.05, 4.69) is 27.2 Å². The van der Waals surface area contributed by atoms with Gasteiger partial charge in [-0.05, 0) is 28.5 Å². The summed E-state index contributed by atoms with van der Waals surface area (Å²) < 4.78 is 5.11. The summed E-state index contributed by atoms with van der Waals surface area (Å²) in [5.41, 5.74) is 6.97. The van der Waals surface area contributed by atoms with Crippen LogP contribution in [0.15, 0.2) is 17.1 Å². The molecule has 0 saturated carbocycles. The molecule has 0 aliphatic rings. The van der Waals surface area contributed by atoms with Crippen molar-refractivity contribution >= 4 is 39.4 Å². The average Bonchev–Trinajstić information content (AvgIpc) is 2.42. The molecule has 21 heavy (non-hydrogen) atoms.